The van der Waals surface area contributed by atoms with Crippen molar-refractivity contribution in [2.24, 2.45) is 0 Å². The molecule has 3 aromatic rings. The Hall–Kier alpha value is -3.13. The van der Waals surface area contributed by atoms with Gasteiger partial charge in [-0.1, -0.05) is 18.2 Å². The van der Waals surface area contributed by atoms with Crippen LogP contribution in [-0.2, 0) is 6.54 Å². The number of aromatic nitrogens is 4. The smallest absolute Gasteiger partial charge is 0.223 e. The second-order valence-electron chi connectivity index (χ2n) is 5.60. The van der Waals surface area contributed by atoms with E-state index in [1.54, 1.807) is 6.07 Å². The van der Waals surface area contributed by atoms with Crippen molar-refractivity contribution in [1.29, 1.82) is 0 Å². The van der Waals surface area contributed by atoms with Gasteiger partial charge in [-0.25, -0.2) is 4.68 Å². The summed E-state index contributed by atoms with van der Waals surface area (Å²) < 4.78 is 1.84. The highest BCUT2D eigenvalue weighted by Crippen LogP contribution is 2.18. The van der Waals surface area contributed by atoms with Crippen LogP contribution in [0.25, 0.3) is 5.69 Å². The second kappa shape index (κ2) is 7.63. The highest BCUT2D eigenvalue weighted by molar-refractivity contribution is 5.52. The summed E-state index contributed by atoms with van der Waals surface area (Å²) in [6, 6.07) is 11.7. The summed E-state index contributed by atoms with van der Waals surface area (Å²) in [7, 11) is 1.93. The number of nitrogens with zero attached hydrogens (tertiary/aromatic N) is 5. The molecule has 2 aromatic heterocycles. The van der Waals surface area contributed by atoms with Crippen LogP contribution in [0.5, 0.6) is 0 Å². The first kappa shape index (κ1) is 16.7. The Morgan fingerprint density at radius 1 is 1.24 bits per heavy atom. The maximum absolute atomic E-state index is 8.91. The summed E-state index contributed by atoms with van der Waals surface area (Å²) in [5, 5.41) is 16.3. The van der Waals surface area contributed by atoms with Gasteiger partial charge in [0.25, 0.3) is 0 Å². The van der Waals surface area contributed by atoms with Gasteiger partial charge in [0.15, 0.2) is 0 Å². The minimum absolute atomic E-state index is 0.0216. The number of aliphatic hydroxyl groups excluding tert-OH is 1. The molecular weight excluding hydrogens is 318 g/mol. The van der Waals surface area contributed by atoms with E-state index >= 15 is 0 Å². The van der Waals surface area contributed by atoms with Crippen molar-refractivity contribution in [3.63, 3.8) is 0 Å². The van der Waals surface area contributed by atoms with Crippen LogP contribution in [0.15, 0.2) is 48.8 Å². The highest BCUT2D eigenvalue weighted by Gasteiger charge is 2.09. The zero-order valence-electron chi connectivity index (χ0n) is 14.0. The van der Waals surface area contributed by atoms with Crippen molar-refractivity contribution < 1.29 is 5.11 Å². The molecule has 0 unspecified atom stereocenters. The Morgan fingerprint density at radius 2 is 2.04 bits per heavy atom. The molecule has 0 bridgehead atoms. The van der Waals surface area contributed by atoms with E-state index in [9.17, 15) is 0 Å². The first-order chi connectivity index (χ1) is 12.2. The van der Waals surface area contributed by atoms with Crippen molar-refractivity contribution >= 4 is 17.6 Å². The zero-order valence-corrected chi connectivity index (χ0v) is 14.0. The van der Waals surface area contributed by atoms with Gasteiger partial charge in [-0.15, -0.1) is 0 Å². The highest BCUT2D eigenvalue weighted by atomic mass is 16.3. The minimum atomic E-state index is 0.0216. The van der Waals surface area contributed by atoms with Crippen LogP contribution in [0, 0.1) is 0 Å². The number of nitrogens with one attached hydrogen (secondary N) is 1. The maximum atomic E-state index is 8.91. The molecule has 2 heterocycles. The summed E-state index contributed by atoms with van der Waals surface area (Å²) in [4.78, 5) is 10.3. The van der Waals surface area contributed by atoms with Crippen LogP contribution < -0.4 is 16.0 Å². The summed E-state index contributed by atoms with van der Waals surface area (Å²) in [6.07, 6.45) is 3.82. The van der Waals surface area contributed by atoms with Gasteiger partial charge in [0, 0.05) is 38.0 Å². The summed E-state index contributed by atoms with van der Waals surface area (Å²) in [6.45, 7) is 1.06. The number of benzene rings is 1. The molecule has 4 N–H and O–H groups in total. The lowest BCUT2D eigenvalue weighted by molar-refractivity contribution is 0.311. The van der Waals surface area contributed by atoms with E-state index in [0.717, 1.165) is 11.3 Å². The molecule has 130 valence electrons. The van der Waals surface area contributed by atoms with E-state index in [1.807, 2.05) is 59.4 Å². The molecule has 0 radical (unpaired) electrons. The quantitative estimate of drug-likeness (QED) is 0.595. The summed E-state index contributed by atoms with van der Waals surface area (Å²) >= 11 is 0. The lowest BCUT2D eigenvalue weighted by Crippen LogP contribution is -2.19. The van der Waals surface area contributed by atoms with Gasteiger partial charge in [-0.2, -0.15) is 15.1 Å². The molecule has 3 rings (SSSR count). The van der Waals surface area contributed by atoms with Gasteiger partial charge in [-0.05, 0) is 12.1 Å². The van der Waals surface area contributed by atoms with Crippen molar-refractivity contribution in [2.45, 2.75) is 6.54 Å². The number of nitrogen functional groups attached to an aromatic ring is 1. The van der Waals surface area contributed by atoms with Gasteiger partial charge >= 0.3 is 0 Å². The average Bonchev–Trinajstić information content (AvgIpc) is 3.09. The summed E-state index contributed by atoms with van der Waals surface area (Å²) in [5.41, 5.74) is 7.84. The second-order valence-corrected chi connectivity index (χ2v) is 5.60. The van der Waals surface area contributed by atoms with Crippen molar-refractivity contribution in [3.8, 4) is 5.69 Å². The first-order valence-electron chi connectivity index (χ1n) is 7.95. The lowest BCUT2D eigenvalue weighted by atomic mass is 10.3. The van der Waals surface area contributed by atoms with Crippen molar-refractivity contribution in [3.05, 3.63) is 54.4 Å². The topological polar surface area (TPSA) is 105 Å². The molecule has 0 saturated carbocycles. The Balaban J connectivity index is 1.73. The number of para-hydroxylation sites is 1. The Kier molecular flexibility index (Phi) is 5.10. The largest absolute Gasteiger partial charge is 0.395 e. The monoisotopic (exact) mass is 339 g/mol. The molecule has 8 heteroatoms. The summed E-state index contributed by atoms with van der Waals surface area (Å²) in [5.74, 6) is 1.47. The molecule has 0 atom stereocenters. The minimum Gasteiger partial charge on any atom is -0.395 e. The molecule has 8 nitrogen and oxygen atoms in total. The zero-order chi connectivity index (χ0) is 17.6. The molecule has 1 aromatic carbocycles. The van der Waals surface area contributed by atoms with E-state index < -0.39 is 0 Å². The number of hydrogen-bond donors (Lipinski definition) is 3. The normalized spacial score (nSPS) is 10.6. The fourth-order valence-corrected chi connectivity index (χ4v) is 2.44. The van der Waals surface area contributed by atoms with Gasteiger partial charge in [0.05, 0.1) is 18.5 Å². The molecule has 0 saturated heterocycles. The molecule has 0 aliphatic heterocycles. The molecule has 0 aliphatic rings. The predicted octanol–water partition coefficient (Wildman–Crippen LogP) is 1.29. The van der Waals surface area contributed by atoms with Crippen LogP contribution in [0.2, 0.25) is 0 Å². The average molecular weight is 339 g/mol. The molecule has 0 aliphatic carbocycles. The molecule has 25 heavy (non-hydrogen) atoms. The van der Waals surface area contributed by atoms with Crippen LogP contribution in [0.4, 0.5) is 17.6 Å². The van der Waals surface area contributed by atoms with Crippen LogP contribution in [0.1, 0.15) is 5.56 Å². The van der Waals surface area contributed by atoms with Crippen molar-refractivity contribution in [1.82, 2.24) is 19.7 Å². The molecule has 0 spiro atoms. The first-order valence-corrected chi connectivity index (χ1v) is 7.95. The van der Waals surface area contributed by atoms with E-state index in [2.05, 4.69) is 20.4 Å². The lowest BCUT2D eigenvalue weighted by Gasteiger charge is -2.18. The fraction of sp³-hybridized carbons (Fsp3) is 0.235. The van der Waals surface area contributed by atoms with Crippen LogP contribution in [0.3, 0.4) is 0 Å². The van der Waals surface area contributed by atoms with Crippen LogP contribution in [-0.4, -0.2) is 45.1 Å². The van der Waals surface area contributed by atoms with Gasteiger partial charge in [0.1, 0.15) is 11.6 Å². The molecule has 0 amide bonds. The van der Waals surface area contributed by atoms with Gasteiger partial charge in [-0.3, -0.25) is 0 Å². The fourth-order valence-electron chi connectivity index (χ4n) is 2.44. The number of anilines is 3. The number of hydrogen-bond acceptors (Lipinski definition) is 7. The SMILES string of the molecule is CN(Cc1cnn(-c2ccccc2)c1)c1cc(NCCO)nc(N)n1. The Bertz CT molecular complexity index is 819. The van der Waals surface area contributed by atoms with Crippen LogP contribution >= 0.6 is 0 Å². The number of rotatable bonds is 7. The third kappa shape index (κ3) is 4.24. The number of aliphatic hydroxyl groups is 1. The van der Waals surface area contributed by atoms with Gasteiger partial charge < -0.3 is 21.1 Å². The van der Waals surface area contributed by atoms with E-state index in [4.69, 9.17) is 10.8 Å². The standard InChI is InChI=1S/C17H21N7O/c1-23(16-9-15(19-7-8-25)21-17(18)22-16)11-13-10-20-24(12-13)14-5-3-2-4-6-14/h2-6,9-10,12,25H,7-8,11H2,1H3,(H3,18,19,21,22). The van der Waals surface area contributed by atoms with E-state index in [0.29, 0.717) is 24.7 Å². The van der Waals surface area contributed by atoms with Crippen molar-refractivity contribution in [2.75, 3.05) is 36.1 Å². The van der Waals surface area contributed by atoms with Gasteiger partial charge in [0.2, 0.25) is 5.95 Å². The number of nitrogens with two attached hydrogens (primary N) is 1. The Labute approximate surface area is 145 Å². The molecular formula is C17H21N7O. The maximum Gasteiger partial charge on any atom is 0.223 e. The van der Waals surface area contributed by atoms with E-state index in [1.165, 1.54) is 0 Å². The predicted molar refractivity (Wildman–Crippen MR) is 97.7 cm³/mol. The molecule has 0 fully saturated rings. The Morgan fingerprint density at radius 3 is 2.80 bits per heavy atom. The third-order valence-electron chi connectivity index (χ3n) is 3.62. The third-order valence-corrected chi connectivity index (χ3v) is 3.62. The van der Waals surface area contributed by atoms with E-state index in [-0.39, 0.29) is 12.6 Å².